The van der Waals surface area contributed by atoms with Crippen LogP contribution in [0.15, 0.2) is 46.0 Å². The molecule has 0 aromatic heterocycles. The number of amides is 1. The van der Waals surface area contributed by atoms with Crippen LogP contribution >= 0.6 is 15.9 Å². The smallest absolute Gasteiger partial charge is 0.236 e. The number of nitrogens with one attached hydrogen (secondary N) is 3. The van der Waals surface area contributed by atoms with Gasteiger partial charge in [0.25, 0.3) is 0 Å². The van der Waals surface area contributed by atoms with Crippen molar-refractivity contribution >= 4 is 28.1 Å². The molecule has 1 heterocycles. The van der Waals surface area contributed by atoms with Gasteiger partial charge in [-0.2, -0.15) is 5.10 Å². The highest BCUT2D eigenvalue weighted by Gasteiger charge is 2.30. The summed E-state index contributed by atoms with van der Waals surface area (Å²) >= 11 is 3.30. The highest BCUT2D eigenvalue weighted by molar-refractivity contribution is 9.10. The van der Waals surface area contributed by atoms with Crippen LogP contribution in [0, 0.1) is 0 Å². The molecule has 2 unspecified atom stereocenters. The molecular weight excluding hydrogens is 476 g/mol. The number of aromatic hydroxyl groups is 1. The van der Waals surface area contributed by atoms with Crippen LogP contribution < -0.4 is 25.8 Å². The van der Waals surface area contributed by atoms with Gasteiger partial charge in [-0.15, -0.1) is 0 Å². The number of hydrogen-bond donors (Lipinski definition) is 4. The molecule has 8 nitrogen and oxygen atoms in total. The van der Waals surface area contributed by atoms with Crippen LogP contribution in [0.5, 0.6) is 17.2 Å². The van der Waals surface area contributed by atoms with Crippen molar-refractivity contribution in [1.29, 1.82) is 0 Å². The van der Waals surface area contributed by atoms with Gasteiger partial charge in [-0.3, -0.25) is 10.2 Å². The lowest BCUT2D eigenvalue weighted by atomic mass is 9.96. The number of hydrazone groups is 1. The Morgan fingerprint density at radius 1 is 1.28 bits per heavy atom. The fraction of sp³-hybridized carbons (Fsp3) is 0.391. The van der Waals surface area contributed by atoms with Gasteiger partial charge in [-0.1, -0.05) is 31.9 Å². The Kier molecular flexibility index (Phi) is 8.75. The largest absolute Gasteiger partial charge is 0.503 e. The molecule has 1 aliphatic heterocycles. The Morgan fingerprint density at radius 2 is 2.06 bits per heavy atom. The summed E-state index contributed by atoms with van der Waals surface area (Å²) in [5.74, 6) is 1.09. The Balaban J connectivity index is 1.66. The summed E-state index contributed by atoms with van der Waals surface area (Å²) in [5, 5.41) is 14.3. The molecule has 1 fully saturated rings. The first kappa shape index (κ1) is 23.9. The third-order valence-corrected chi connectivity index (χ3v) is 5.76. The van der Waals surface area contributed by atoms with Gasteiger partial charge in [-0.05, 0) is 57.7 Å². The molecule has 2 aromatic rings. The molecular formula is C23H29BrN4O4. The molecule has 3 rings (SSSR count). The maximum absolute atomic E-state index is 11.9. The van der Waals surface area contributed by atoms with Crippen LogP contribution in [0.25, 0.3) is 0 Å². The highest BCUT2D eigenvalue weighted by atomic mass is 79.9. The maximum atomic E-state index is 11.9. The van der Waals surface area contributed by atoms with Gasteiger partial charge in [0.2, 0.25) is 5.91 Å². The number of unbranched alkanes of at least 4 members (excludes halogenated alkanes) is 2. The average Bonchev–Trinajstić information content (AvgIpc) is 2.79. The van der Waals surface area contributed by atoms with Gasteiger partial charge in [0.15, 0.2) is 11.5 Å². The van der Waals surface area contributed by atoms with E-state index in [-0.39, 0.29) is 30.2 Å². The number of carbonyl (C=O) groups excluding carboxylic acids is 1. The Morgan fingerprint density at radius 3 is 2.78 bits per heavy atom. The number of phenolic OH excluding ortho intramolecular Hbond substituents is 1. The van der Waals surface area contributed by atoms with Gasteiger partial charge < -0.3 is 20.0 Å². The fourth-order valence-electron chi connectivity index (χ4n) is 3.41. The number of rotatable bonds is 10. The molecule has 0 bridgehead atoms. The van der Waals surface area contributed by atoms with Gasteiger partial charge in [0.05, 0.1) is 42.9 Å². The predicted octanol–water partition coefficient (Wildman–Crippen LogP) is 3.79. The van der Waals surface area contributed by atoms with E-state index in [0.29, 0.717) is 16.8 Å². The van der Waals surface area contributed by atoms with Crippen LogP contribution in [0.2, 0.25) is 0 Å². The highest BCUT2D eigenvalue weighted by Crippen LogP contribution is 2.34. The third-order valence-electron chi connectivity index (χ3n) is 5.16. The zero-order valence-corrected chi connectivity index (χ0v) is 19.8. The van der Waals surface area contributed by atoms with Crippen LogP contribution in [0.4, 0.5) is 0 Å². The molecule has 1 amide bonds. The SMILES string of the molecule is CCCCCOc1ccc(C2NNC(=O)CC2N/N=C/c2cc(Br)c(O)c(OC)c2)cc1. The van der Waals surface area contributed by atoms with Crippen molar-refractivity contribution < 1.29 is 19.4 Å². The molecule has 4 N–H and O–H groups in total. The minimum atomic E-state index is -0.251. The Labute approximate surface area is 196 Å². The van der Waals surface area contributed by atoms with Gasteiger partial charge in [-0.25, -0.2) is 5.43 Å². The molecule has 32 heavy (non-hydrogen) atoms. The second-order valence-electron chi connectivity index (χ2n) is 7.55. The number of ether oxygens (including phenoxy) is 2. The van der Waals surface area contributed by atoms with E-state index in [9.17, 15) is 9.90 Å². The molecule has 9 heteroatoms. The summed E-state index contributed by atoms with van der Waals surface area (Å²) in [6.07, 6.45) is 5.25. The van der Waals surface area contributed by atoms with E-state index >= 15 is 0 Å². The van der Waals surface area contributed by atoms with Gasteiger partial charge in [0, 0.05) is 0 Å². The van der Waals surface area contributed by atoms with Crippen molar-refractivity contribution in [1.82, 2.24) is 16.3 Å². The molecule has 172 valence electrons. The standard InChI is InChI=1S/C23H29BrN4O4/c1-3-4-5-10-32-17-8-6-16(7-9-17)22-19(13-21(29)27-28-22)26-25-14-15-11-18(24)23(30)20(12-15)31-2/h6-9,11-12,14,19,22,26,28,30H,3-5,10,13H2,1-2H3,(H,27,29)/b25-14+. The molecule has 0 saturated carbocycles. The van der Waals surface area contributed by atoms with E-state index in [0.717, 1.165) is 36.1 Å². The number of halogens is 1. The lowest BCUT2D eigenvalue weighted by Crippen LogP contribution is -2.55. The van der Waals surface area contributed by atoms with Crippen molar-refractivity contribution in [3.8, 4) is 17.2 Å². The summed E-state index contributed by atoms with van der Waals surface area (Å²) in [6.45, 7) is 2.88. The van der Waals surface area contributed by atoms with Crippen LogP contribution in [-0.2, 0) is 4.79 Å². The number of methoxy groups -OCH3 is 1. The van der Waals surface area contributed by atoms with E-state index in [4.69, 9.17) is 9.47 Å². The topological polar surface area (TPSA) is 104 Å². The summed E-state index contributed by atoms with van der Waals surface area (Å²) in [6, 6.07) is 10.9. The fourth-order valence-corrected chi connectivity index (χ4v) is 3.87. The maximum Gasteiger partial charge on any atom is 0.236 e. The number of carbonyl (C=O) groups is 1. The number of nitrogens with zero attached hydrogens (tertiary/aromatic N) is 1. The number of hydrazine groups is 1. The Bertz CT molecular complexity index is 936. The minimum Gasteiger partial charge on any atom is -0.503 e. The molecule has 2 atom stereocenters. The number of phenols is 1. The van der Waals surface area contributed by atoms with Crippen molar-refractivity contribution in [3.05, 3.63) is 52.0 Å². The lowest BCUT2D eigenvalue weighted by Gasteiger charge is -2.32. The van der Waals surface area contributed by atoms with Gasteiger partial charge in [0.1, 0.15) is 5.75 Å². The second-order valence-corrected chi connectivity index (χ2v) is 8.40. The number of hydrogen-bond acceptors (Lipinski definition) is 7. The third kappa shape index (κ3) is 6.37. The minimum absolute atomic E-state index is 0.0311. The van der Waals surface area contributed by atoms with Crippen molar-refractivity contribution in [2.24, 2.45) is 5.10 Å². The van der Waals surface area contributed by atoms with Crippen molar-refractivity contribution in [3.63, 3.8) is 0 Å². The lowest BCUT2D eigenvalue weighted by molar-refractivity contribution is -0.125. The molecule has 1 saturated heterocycles. The van der Waals surface area contributed by atoms with Crippen LogP contribution in [0.1, 0.15) is 49.8 Å². The zero-order chi connectivity index (χ0) is 22.9. The van der Waals surface area contributed by atoms with Crippen molar-refractivity contribution in [2.45, 2.75) is 44.7 Å². The van der Waals surface area contributed by atoms with Crippen LogP contribution in [-0.4, -0.2) is 37.0 Å². The summed E-state index contributed by atoms with van der Waals surface area (Å²) in [5.41, 5.74) is 10.6. The van der Waals surface area contributed by atoms with E-state index < -0.39 is 0 Å². The van der Waals surface area contributed by atoms with E-state index in [2.05, 4.69) is 44.2 Å². The van der Waals surface area contributed by atoms with E-state index in [1.807, 2.05) is 24.3 Å². The van der Waals surface area contributed by atoms with E-state index in [1.54, 1.807) is 18.3 Å². The molecule has 0 radical (unpaired) electrons. The quantitative estimate of drug-likeness (QED) is 0.223. The molecule has 2 aromatic carbocycles. The Hall–Kier alpha value is -2.78. The summed E-state index contributed by atoms with van der Waals surface area (Å²) in [4.78, 5) is 11.9. The zero-order valence-electron chi connectivity index (χ0n) is 18.2. The monoisotopic (exact) mass is 504 g/mol. The normalized spacial score (nSPS) is 18.4. The summed E-state index contributed by atoms with van der Waals surface area (Å²) in [7, 11) is 1.49. The van der Waals surface area contributed by atoms with Crippen LogP contribution in [0.3, 0.4) is 0 Å². The summed E-state index contributed by atoms with van der Waals surface area (Å²) < 4.78 is 11.5. The average molecular weight is 505 g/mol. The molecule has 1 aliphatic rings. The predicted molar refractivity (Wildman–Crippen MR) is 127 cm³/mol. The molecule has 0 spiro atoms. The van der Waals surface area contributed by atoms with Gasteiger partial charge >= 0.3 is 0 Å². The van der Waals surface area contributed by atoms with Crippen molar-refractivity contribution in [2.75, 3.05) is 13.7 Å². The van der Waals surface area contributed by atoms with E-state index in [1.165, 1.54) is 7.11 Å². The first-order valence-electron chi connectivity index (χ1n) is 10.6. The first-order valence-corrected chi connectivity index (χ1v) is 11.4. The second kappa shape index (κ2) is 11.7. The molecule has 0 aliphatic carbocycles. The first-order chi connectivity index (χ1) is 15.5. The number of benzene rings is 2.